The van der Waals surface area contributed by atoms with Crippen LogP contribution in [0.5, 0.6) is 0 Å². The van der Waals surface area contributed by atoms with Crippen LogP contribution >= 0.6 is 0 Å². The summed E-state index contributed by atoms with van der Waals surface area (Å²) in [5, 5.41) is 11.4. The van der Waals surface area contributed by atoms with E-state index >= 15 is 0 Å². The molecule has 0 fully saturated rings. The summed E-state index contributed by atoms with van der Waals surface area (Å²) >= 11 is 0. The predicted molar refractivity (Wildman–Crippen MR) is 72.3 cm³/mol. The van der Waals surface area contributed by atoms with Crippen molar-refractivity contribution in [1.29, 1.82) is 0 Å². The lowest BCUT2D eigenvalue weighted by Crippen LogP contribution is -2.51. The number of nitrogens with zero attached hydrogens (tertiary/aromatic N) is 1. The van der Waals surface area contributed by atoms with Gasteiger partial charge in [0.2, 0.25) is 0 Å². The number of carboxylic acid groups (broad SMARTS) is 1. The third kappa shape index (κ3) is 2.70. The molecule has 2 rings (SSSR count). The highest BCUT2D eigenvalue weighted by atomic mass is 16.4. The van der Waals surface area contributed by atoms with Gasteiger partial charge < -0.3 is 10.4 Å². The molecule has 19 heavy (non-hydrogen) atoms. The van der Waals surface area contributed by atoms with Crippen molar-refractivity contribution in [2.75, 3.05) is 4.90 Å². The number of para-hydroxylation sites is 1. The van der Waals surface area contributed by atoms with Crippen LogP contribution in [-0.2, 0) is 11.2 Å². The smallest absolute Gasteiger partial charge is 0.325 e. The van der Waals surface area contributed by atoms with Crippen molar-refractivity contribution in [2.45, 2.75) is 38.8 Å². The number of carboxylic acids is 1. The summed E-state index contributed by atoms with van der Waals surface area (Å²) in [7, 11) is 0. The van der Waals surface area contributed by atoms with Crippen LogP contribution in [-0.4, -0.2) is 29.2 Å². The summed E-state index contributed by atoms with van der Waals surface area (Å²) in [6.45, 7) is 3.43. The van der Waals surface area contributed by atoms with Gasteiger partial charge in [-0.1, -0.05) is 18.2 Å². The molecule has 2 atom stereocenters. The van der Waals surface area contributed by atoms with Crippen molar-refractivity contribution < 1.29 is 14.7 Å². The van der Waals surface area contributed by atoms with Gasteiger partial charge in [-0.15, -0.1) is 0 Å². The number of benzene rings is 1. The molecule has 2 unspecified atom stereocenters. The highest BCUT2D eigenvalue weighted by Gasteiger charge is 2.29. The number of hydrogen-bond acceptors (Lipinski definition) is 2. The van der Waals surface area contributed by atoms with Crippen LogP contribution in [0.3, 0.4) is 0 Å². The molecule has 1 aliphatic heterocycles. The number of aryl methyl sites for hydroxylation is 1. The maximum absolute atomic E-state index is 12.2. The molecule has 2 amide bonds. The summed E-state index contributed by atoms with van der Waals surface area (Å²) in [5.74, 6) is -1.04. The minimum Gasteiger partial charge on any atom is -0.480 e. The summed E-state index contributed by atoms with van der Waals surface area (Å²) < 4.78 is 0. The van der Waals surface area contributed by atoms with Gasteiger partial charge in [-0.2, -0.15) is 0 Å². The summed E-state index contributed by atoms with van der Waals surface area (Å²) in [6, 6.07) is 6.56. The van der Waals surface area contributed by atoms with Crippen LogP contribution in [0.15, 0.2) is 24.3 Å². The van der Waals surface area contributed by atoms with E-state index < -0.39 is 12.0 Å². The van der Waals surface area contributed by atoms with Crippen molar-refractivity contribution in [3.8, 4) is 0 Å². The van der Waals surface area contributed by atoms with Gasteiger partial charge in [-0.05, 0) is 38.3 Å². The Hall–Kier alpha value is -2.04. The molecule has 5 heteroatoms. The molecular weight excluding hydrogens is 244 g/mol. The minimum atomic E-state index is -1.04. The van der Waals surface area contributed by atoms with E-state index in [1.807, 2.05) is 31.2 Å². The Balaban J connectivity index is 2.23. The maximum Gasteiger partial charge on any atom is 0.325 e. The standard InChI is InChI=1S/C14H18N2O3/c1-9-7-8-11-5-3-4-6-12(11)16(9)14(19)15-10(2)13(17)18/h3-6,9-10H,7-8H2,1-2H3,(H,15,19)(H,17,18). The number of amides is 2. The molecule has 1 heterocycles. The second kappa shape index (κ2) is 5.30. The number of rotatable bonds is 2. The molecule has 0 radical (unpaired) electrons. The lowest BCUT2D eigenvalue weighted by Gasteiger charge is -2.35. The number of urea groups is 1. The highest BCUT2D eigenvalue weighted by Crippen LogP contribution is 2.30. The molecule has 0 aromatic heterocycles. The largest absolute Gasteiger partial charge is 0.480 e. The number of aliphatic carboxylic acids is 1. The van der Waals surface area contributed by atoms with Crippen molar-refractivity contribution in [1.82, 2.24) is 5.32 Å². The highest BCUT2D eigenvalue weighted by molar-refractivity contribution is 5.96. The number of hydrogen-bond donors (Lipinski definition) is 2. The predicted octanol–water partition coefficient (Wildman–Crippen LogP) is 2.01. The normalized spacial score (nSPS) is 19.5. The van der Waals surface area contributed by atoms with Crippen molar-refractivity contribution in [3.63, 3.8) is 0 Å². The first-order valence-corrected chi connectivity index (χ1v) is 6.41. The molecular formula is C14H18N2O3. The Morgan fingerprint density at radius 2 is 2.11 bits per heavy atom. The Kier molecular flexibility index (Phi) is 3.74. The molecule has 1 aliphatic rings. The lowest BCUT2D eigenvalue weighted by atomic mass is 9.97. The van der Waals surface area contributed by atoms with E-state index in [1.165, 1.54) is 6.92 Å². The summed E-state index contributed by atoms with van der Waals surface area (Å²) in [4.78, 5) is 24.7. The third-order valence-corrected chi connectivity index (χ3v) is 3.45. The van der Waals surface area contributed by atoms with Crippen LogP contribution in [0.2, 0.25) is 0 Å². The molecule has 0 saturated heterocycles. The molecule has 102 valence electrons. The molecule has 0 bridgehead atoms. The van der Waals surface area contributed by atoms with Gasteiger partial charge in [0, 0.05) is 11.7 Å². The molecule has 5 nitrogen and oxygen atoms in total. The van der Waals surface area contributed by atoms with E-state index in [1.54, 1.807) is 4.90 Å². The number of fused-ring (bicyclic) bond motifs is 1. The fraction of sp³-hybridized carbons (Fsp3) is 0.429. The zero-order chi connectivity index (χ0) is 14.0. The topological polar surface area (TPSA) is 69.6 Å². The molecule has 2 N–H and O–H groups in total. The first kappa shape index (κ1) is 13.4. The van der Waals surface area contributed by atoms with E-state index in [4.69, 9.17) is 5.11 Å². The van der Waals surface area contributed by atoms with Gasteiger partial charge >= 0.3 is 12.0 Å². The van der Waals surface area contributed by atoms with E-state index in [-0.39, 0.29) is 12.1 Å². The fourth-order valence-corrected chi connectivity index (χ4v) is 2.31. The van der Waals surface area contributed by atoms with Crippen molar-refractivity contribution in [2.24, 2.45) is 0 Å². The van der Waals surface area contributed by atoms with Crippen molar-refractivity contribution >= 4 is 17.7 Å². The van der Waals surface area contributed by atoms with Gasteiger partial charge in [-0.25, -0.2) is 4.79 Å². The number of carbonyl (C=O) groups is 2. The second-order valence-electron chi connectivity index (χ2n) is 4.90. The average molecular weight is 262 g/mol. The molecule has 1 aromatic carbocycles. The SMILES string of the molecule is CC(NC(=O)N1c2ccccc2CCC1C)C(=O)O. The van der Waals surface area contributed by atoms with Gasteiger partial charge in [-0.3, -0.25) is 9.69 Å². The van der Waals surface area contributed by atoms with E-state index in [9.17, 15) is 9.59 Å². The van der Waals surface area contributed by atoms with Gasteiger partial charge in [0.15, 0.2) is 0 Å². The molecule has 0 spiro atoms. The number of nitrogens with one attached hydrogen (secondary N) is 1. The Bertz CT molecular complexity index is 501. The molecule has 0 saturated carbocycles. The minimum absolute atomic E-state index is 0.0656. The Morgan fingerprint density at radius 1 is 1.42 bits per heavy atom. The monoisotopic (exact) mass is 262 g/mol. The van der Waals surface area contributed by atoms with Crippen LogP contribution in [0.4, 0.5) is 10.5 Å². The van der Waals surface area contributed by atoms with Crippen LogP contribution in [0.1, 0.15) is 25.8 Å². The van der Waals surface area contributed by atoms with Gasteiger partial charge in [0.1, 0.15) is 6.04 Å². The van der Waals surface area contributed by atoms with E-state index in [0.29, 0.717) is 0 Å². The van der Waals surface area contributed by atoms with Crippen molar-refractivity contribution in [3.05, 3.63) is 29.8 Å². The number of anilines is 1. The molecule has 0 aliphatic carbocycles. The van der Waals surface area contributed by atoms with Gasteiger partial charge in [0.05, 0.1) is 0 Å². The average Bonchev–Trinajstić information content (AvgIpc) is 2.38. The third-order valence-electron chi connectivity index (χ3n) is 3.45. The summed E-state index contributed by atoms with van der Waals surface area (Å²) in [5.41, 5.74) is 2.00. The van der Waals surface area contributed by atoms with Crippen LogP contribution in [0.25, 0.3) is 0 Å². The van der Waals surface area contributed by atoms with Crippen LogP contribution < -0.4 is 10.2 Å². The lowest BCUT2D eigenvalue weighted by molar-refractivity contribution is -0.138. The van der Waals surface area contributed by atoms with E-state index in [2.05, 4.69) is 5.32 Å². The fourth-order valence-electron chi connectivity index (χ4n) is 2.31. The first-order chi connectivity index (χ1) is 9.00. The zero-order valence-corrected chi connectivity index (χ0v) is 11.1. The first-order valence-electron chi connectivity index (χ1n) is 6.41. The Labute approximate surface area is 112 Å². The zero-order valence-electron chi connectivity index (χ0n) is 11.1. The molecule has 1 aromatic rings. The maximum atomic E-state index is 12.2. The quantitative estimate of drug-likeness (QED) is 0.856. The van der Waals surface area contributed by atoms with E-state index in [0.717, 1.165) is 24.1 Å². The Morgan fingerprint density at radius 3 is 2.79 bits per heavy atom. The second-order valence-corrected chi connectivity index (χ2v) is 4.90. The summed E-state index contributed by atoms with van der Waals surface area (Å²) in [6.07, 6.45) is 1.82. The van der Waals surface area contributed by atoms with Crippen LogP contribution in [0, 0.1) is 0 Å². The number of carbonyl (C=O) groups excluding carboxylic acids is 1. The van der Waals surface area contributed by atoms with Gasteiger partial charge in [0.25, 0.3) is 0 Å².